The van der Waals surface area contributed by atoms with Crippen LogP contribution in [0.5, 0.6) is 0 Å². The van der Waals surface area contributed by atoms with Crippen molar-refractivity contribution in [2.24, 2.45) is 0 Å². The number of hydrogen-bond donors (Lipinski definition) is 1. The van der Waals surface area contributed by atoms with E-state index < -0.39 is 0 Å². The van der Waals surface area contributed by atoms with Gasteiger partial charge >= 0.3 is 0 Å². The molecule has 0 radical (unpaired) electrons. The monoisotopic (exact) mass is 199 g/mol. The Kier molecular flexibility index (Phi) is 3.79. The minimum atomic E-state index is 0.381. The first kappa shape index (κ1) is 10.4. The van der Waals surface area contributed by atoms with Crippen LogP contribution in [-0.4, -0.2) is 38.5 Å². The molecule has 82 valence electrons. The summed E-state index contributed by atoms with van der Waals surface area (Å²) in [4.78, 5) is 0. The highest BCUT2D eigenvalue weighted by molar-refractivity contribution is 4.78. The molecule has 1 aliphatic heterocycles. The lowest BCUT2D eigenvalue weighted by Crippen LogP contribution is -2.34. The second-order valence-electron chi connectivity index (χ2n) is 4.38. The van der Waals surface area contributed by atoms with E-state index in [-0.39, 0.29) is 0 Å². The summed E-state index contributed by atoms with van der Waals surface area (Å²) in [6.07, 6.45) is 6.90. The summed E-state index contributed by atoms with van der Waals surface area (Å²) in [6.45, 7) is 1.70. The van der Waals surface area contributed by atoms with Crippen molar-refractivity contribution in [3.8, 4) is 0 Å². The molecule has 1 heterocycles. The van der Waals surface area contributed by atoms with E-state index in [4.69, 9.17) is 9.47 Å². The van der Waals surface area contributed by atoms with Gasteiger partial charge in [-0.25, -0.2) is 0 Å². The summed E-state index contributed by atoms with van der Waals surface area (Å²) >= 11 is 0. The van der Waals surface area contributed by atoms with Gasteiger partial charge in [0, 0.05) is 12.6 Å². The van der Waals surface area contributed by atoms with Gasteiger partial charge in [0.15, 0.2) is 0 Å². The zero-order chi connectivity index (χ0) is 9.80. The lowest BCUT2D eigenvalue weighted by Gasteiger charge is -2.29. The van der Waals surface area contributed by atoms with Crippen LogP contribution in [0.1, 0.15) is 32.1 Å². The van der Waals surface area contributed by atoms with E-state index in [1.54, 1.807) is 0 Å². The summed E-state index contributed by atoms with van der Waals surface area (Å²) in [5.74, 6) is 0. The molecule has 1 saturated carbocycles. The average Bonchev–Trinajstić information content (AvgIpc) is 2.72. The van der Waals surface area contributed by atoms with Gasteiger partial charge in [0.25, 0.3) is 0 Å². The predicted octanol–water partition coefficient (Wildman–Crippen LogP) is 1.32. The van der Waals surface area contributed by atoms with Gasteiger partial charge in [-0.15, -0.1) is 0 Å². The van der Waals surface area contributed by atoms with E-state index >= 15 is 0 Å². The fourth-order valence-corrected chi connectivity index (χ4v) is 2.38. The van der Waals surface area contributed by atoms with Crippen LogP contribution in [0.4, 0.5) is 0 Å². The quantitative estimate of drug-likeness (QED) is 0.743. The SMILES string of the molecule is CNC1CCC(O[C@H]2CCOC2)CC1. The molecule has 0 unspecified atom stereocenters. The Hall–Kier alpha value is -0.120. The summed E-state index contributed by atoms with van der Waals surface area (Å²) in [6, 6.07) is 0.717. The Bertz CT molecular complexity index is 161. The zero-order valence-electron chi connectivity index (χ0n) is 9.00. The first-order valence-corrected chi connectivity index (χ1v) is 5.79. The molecule has 0 amide bonds. The van der Waals surface area contributed by atoms with Crippen LogP contribution in [-0.2, 0) is 9.47 Å². The van der Waals surface area contributed by atoms with Crippen LogP contribution in [0, 0.1) is 0 Å². The Balaban J connectivity index is 1.67. The van der Waals surface area contributed by atoms with Crippen molar-refractivity contribution >= 4 is 0 Å². The first-order valence-electron chi connectivity index (χ1n) is 5.79. The molecule has 3 nitrogen and oxygen atoms in total. The van der Waals surface area contributed by atoms with E-state index in [0.29, 0.717) is 12.2 Å². The fourth-order valence-electron chi connectivity index (χ4n) is 2.38. The normalized spacial score (nSPS) is 38.8. The maximum atomic E-state index is 5.99. The van der Waals surface area contributed by atoms with Crippen LogP contribution in [0.2, 0.25) is 0 Å². The topological polar surface area (TPSA) is 30.5 Å². The van der Waals surface area contributed by atoms with Gasteiger partial charge in [0.1, 0.15) is 0 Å². The minimum Gasteiger partial charge on any atom is -0.379 e. The van der Waals surface area contributed by atoms with Gasteiger partial charge in [-0.3, -0.25) is 0 Å². The third kappa shape index (κ3) is 2.69. The molecule has 2 rings (SSSR count). The van der Waals surface area contributed by atoms with Crippen molar-refractivity contribution in [1.29, 1.82) is 0 Å². The molecule has 0 aromatic rings. The molecule has 0 aromatic carbocycles. The average molecular weight is 199 g/mol. The maximum absolute atomic E-state index is 5.99. The van der Waals surface area contributed by atoms with Crippen LogP contribution >= 0.6 is 0 Å². The summed E-state index contributed by atoms with van der Waals surface area (Å²) in [7, 11) is 2.05. The van der Waals surface area contributed by atoms with Crippen molar-refractivity contribution < 1.29 is 9.47 Å². The Morgan fingerprint density at radius 3 is 2.43 bits per heavy atom. The summed E-state index contributed by atoms with van der Waals surface area (Å²) in [5, 5.41) is 3.34. The molecular formula is C11H21NO2. The van der Waals surface area contributed by atoms with Gasteiger partial charge in [-0.2, -0.15) is 0 Å². The van der Waals surface area contributed by atoms with Gasteiger partial charge in [-0.05, 0) is 39.2 Å². The zero-order valence-corrected chi connectivity index (χ0v) is 9.00. The second kappa shape index (κ2) is 5.10. The van der Waals surface area contributed by atoms with Gasteiger partial charge in [-0.1, -0.05) is 0 Å². The molecule has 2 aliphatic rings. The van der Waals surface area contributed by atoms with Crippen LogP contribution < -0.4 is 5.32 Å². The van der Waals surface area contributed by atoms with E-state index in [0.717, 1.165) is 25.7 Å². The Labute approximate surface area is 86.2 Å². The van der Waals surface area contributed by atoms with E-state index in [2.05, 4.69) is 12.4 Å². The molecule has 1 atom stereocenters. The van der Waals surface area contributed by atoms with E-state index in [9.17, 15) is 0 Å². The summed E-state index contributed by atoms with van der Waals surface area (Å²) < 4.78 is 11.3. The van der Waals surface area contributed by atoms with E-state index in [1.807, 2.05) is 0 Å². The van der Waals surface area contributed by atoms with Crippen molar-refractivity contribution in [2.45, 2.75) is 50.4 Å². The summed E-state index contributed by atoms with van der Waals surface area (Å²) in [5.41, 5.74) is 0. The first-order chi connectivity index (χ1) is 6.88. The molecule has 3 heteroatoms. The van der Waals surface area contributed by atoms with Crippen molar-refractivity contribution in [1.82, 2.24) is 5.32 Å². The van der Waals surface area contributed by atoms with Gasteiger partial charge in [0.05, 0.1) is 18.8 Å². The maximum Gasteiger partial charge on any atom is 0.0834 e. The fraction of sp³-hybridized carbons (Fsp3) is 1.00. The molecule has 1 N–H and O–H groups in total. The number of nitrogens with one attached hydrogen (secondary N) is 1. The molecule has 0 spiro atoms. The molecule has 1 saturated heterocycles. The number of rotatable bonds is 3. The van der Waals surface area contributed by atoms with Crippen molar-refractivity contribution in [2.75, 3.05) is 20.3 Å². The lowest BCUT2D eigenvalue weighted by atomic mass is 9.93. The molecule has 14 heavy (non-hydrogen) atoms. The molecule has 1 aliphatic carbocycles. The molecule has 0 aromatic heterocycles. The third-order valence-corrected chi connectivity index (χ3v) is 3.36. The smallest absolute Gasteiger partial charge is 0.0834 e. The largest absolute Gasteiger partial charge is 0.379 e. The van der Waals surface area contributed by atoms with Crippen LogP contribution in [0.15, 0.2) is 0 Å². The van der Waals surface area contributed by atoms with Gasteiger partial charge in [0.2, 0.25) is 0 Å². The highest BCUT2D eigenvalue weighted by atomic mass is 16.5. The standard InChI is InChI=1S/C11H21NO2/c1-12-9-2-4-10(5-3-9)14-11-6-7-13-8-11/h9-12H,2-8H2,1H3/t9?,10?,11-/m0/s1. The Morgan fingerprint density at radius 2 is 1.86 bits per heavy atom. The van der Waals surface area contributed by atoms with Crippen LogP contribution in [0.3, 0.4) is 0 Å². The van der Waals surface area contributed by atoms with Gasteiger partial charge < -0.3 is 14.8 Å². The highest BCUT2D eigenvalue weighted by Crippen LogP contribution is 2.23. The predicted molar refractivity (Wildman–Crippen MR) is 55.4 cm³/mol. The van der Waals surface area contributed by atoms with Crippen molar-refractivity contribution in [3.05, 3.63) is 0 Å². The van der Waals surface area contributed by atoms with Crippen LogP contribution in [0.25, 0.3) is 0 Å². The third-order valence-electron chi connectivity index (χ3n) is 3.36. The van der Waals surface area contributed by atoms with Crippen molar-refractivity contribution in [3.63, 3.8) is 0 Å². The Morgan fingerprint density at radius 1 is 1.07 bits per heavy atom. The van der Waals surface area contributed by atoms with E-state index in [1.165, 1.54) is 25.7 Å². The lowest BCUT2D eigenvalue weighted by molar-refractivity contribution is -0.0351. The number of ether oxygens (including phenoxy) is 2. The number of hydrogen-bond acceptors (Lipinski definition) is 3. The highest BCUT2D eigenvalue weighted by Gasteiger charge is 2.25. The minimum absolute atomic E-state index is 0.381. The second-order valence-corrected chi connectivity index (χ2v) is 4.38. The molecule has 0 bridgehead atoms. The molecule has 2 fully saturated rings. The molecular weight excluding hydrogens is 178 g/mol.